The zero-order valence-electron chi connectivity index (χ0n) is 18.6. The highest BCUT2D eigenvalue weighted by Crippen LogP contribution is 2.44. The Labute approximate surface area is 215 Å². The van der Waals surface area contributed by atoms with Crippen LogP contribution in [0.15, 0.2) is 8.83 Å². The molecule has 0 aliphatic rings. The van der Waals surface area contributed by atoms with Crippen LogP contribution in [0.1, 0.15) is 23.9 Å². The Hall–Kier alpha value is -5.88. The molecule has 4 heterocycles. The molecule has 0 spiro atoms. The molecule has 4 aromatic heterocycles. The van der Waals surface area contributed by atoms with E-state index in [9.17, 15) is 45.6 Å². The smallest absolute Gasteiger partial charge is 0.434 e. The Morgan fingerprint density at radius 3 is 1.30 bits per heavy atom. The van der Waals surface area contributed by atoms with Gasteiger partial charge in [-0.3, -0.25) is 0 Å². The van der Waals surface area contributed by atoms with Crippen molar-refractivity contribution in [3.05, 3.63) is 81.7 Å². The van der Waals surface area contributed by atoms with Gasteiger partial charge in [-0.1, -0.05) is 0 Å². The van der Waals surface area contributed by atoms with Gasteiger partial charge in [0.15, 0.2) is 23.3 Å². The summed E-state index contributed by atoms with van der Waals surface area (Å²) in [6.07, 6.45) is -2.00. The summed E-state index contributed by atoms with van der Waals surface area (Å²) in [6.45, 7) is 14.1. The van der Waals surface area contributed by atoms with E-state index in [-0.39, 0.29) is 0 Å². The third-order valence-electron chi connectivity index (χ3n) is 4.93. The standard InChI is InChI=1S/C22H2F8N8O2/c1-33-20(34-2)22-36-13(7-10(25)18(29)38-19(30)11(7)26)15(40-22)14-12(35-21(39-14)5(3-31)4-32)6-8(23)16(27)37-17(28)9(6)24/h5,20H. The number of nitrogens with zero attached hydrogens (tertiary/aromatic N) is 8. The summed E-state index contributed by atoms with van der Waals surface area (Å²) in [5.74, 6) is -24.1. The lowest BCUT2D eigenvalue weighted by Gasteiger charge is -2.07. The molecule has 4 aromatic rings. The predicted octanol–water partition coefficient (Wildman–Crippen LogP) is 5.53. The lowest BCUT2D eigenvalue weighted by atomic mass is 10.1. The quantitative estimate of drug-likeness (QED) is 0.176. The van der Waals surface area contributed by atoms with E-state index in [1.165, 1.54) is 12.1 Å². The fourth-order valence-electron chi connectivity index (χ4n) is 3.22. The lowest BCUT2D eigenvalue weighted by molar-refractivity contribution is 0.410. The highest BCUT2D eigenvalue weighted by Gasteiger charge is 2.39. The van der Waals surface area contributed by atoms with Crippen LogP contribution < -0.4 is 0 Å². The Morgan fingerprint density at radius 2 is 0.950 bits per heavy atom. The monoisotopic (exact) mass is 562 g/mol. The molecular weight excluding hydrogens is 560 g/mol. The average Bonchev–Trinajstić information content (AvgIpc) is 3.53. The number of aromatic nitrogens is 4. The largest absolute Gasteiger partial charge is 0.553 e. The number of hydrogen-bond acceptors (Lipinski definition) is 8. The second kappa shape index (κ2) is 10.1. The number of oxazole rings is 2. The van der Waals surface area contributed by atoms with E-state index in [1.807, 2.05) is 0 Å². The minimum absolute atomic E-state index is 1.000. The average molecular weight is 562 g/mol. The molecule has 198 valence electrons. The first kappa shape index (κ1) is 27.2. The highest BCUT2D eigenvalue weighted by molar-refractivity contribution is 5.83. The van der Waals surface area contributed by atoms with Crippen molar-refractivity contribution >= 4 is 0 Å². The van der Waals surface area contributed by atoms with Crippen molar-refractivity contribution < 1.29 is 44.0 Å². The van der Waals surface area contributed by atoms with Crippen molar-refractivity contribution in [2.24, 2.45) is 0 Å². The highest BCUT2D eigenvalue weighted by atomic mass is 19.2. The van der Waals surface area contributed by atoms with Crippen molar-refractivity contribution in [3.63, 3.8) is 0 Å². The molecule has 0 N–H and O–H groups in total. The van der Waals surface area contributed by atoms with Gasteiger partial charge in [-0.15, -0.1) is 0 Å². The zero-order chi connectivity index (χ0) is 29.5. The lowest BCUT2D eigenvalue weighted by Crippen LogP contribution is -2.05. The van der Waals surface area contributed by atoms with E-state index in [2.05, 4.69) is 29.6 Å². The Bertz CT molecular complexity index is 1660. The number of pyridine rings is 2. The third-order valence-corrected chi connectivity index (χ3v) is 4.93. The molecule has 18 heteroatoms. The van der Waals surface area contributed by atoms with E-state index < -0.39 is 105 Å². The van der Waals surface area contributed by atoms with Crippen molar-refractivity contribution in [1.29, 1.82) is 10.5 Å². The van der Waals surface area contributed by atoms with Gasteiger partial charge in [0.1, 0.15) is 11.4 Å². The summed E-state index contributed by atoms with van der Waals surface area (Å²) in [5.41, 5.74) is -5.97. The van der Waals surface area contributed by atoms with Gasteiger partial charge in [0.2, 0.25) is 23.3 Å². The van der Waals surface area contributed by atoms with E-state index in [1.54, 1.807) is 0 Å². The maximum absolute atomic E-state index is 14.7. The molecule has 4 rings (SSSR count). The molecule has 0 bridgehead atoms. The second-order valence-electron chi connectivity index (χ2n) is 7.18. The fourth-order valence-corrected chi connectivity index (χ4v) is 3.22. The van der Waals surface area contributed by atoms with Crippen LogP contribution >= 0.6 is 0 Å². The Kier molecular flexibility index (Phi) is 6.87. The van der Waals surface area contributed by atoms with Crippen molar-refractivity contribution in [1.82, 2.24) is 19.9 Å². The summed E-state index contributed by atoms with van der Waals surface area (Å²) in [4.78, 5) is 17.4. The molecule has 10 nitrogen and oxygen atoms in total. The fraction of sp³-hybridized carbons (Fsp3) is 0.0909. The SMILES string of the molecule is [C-]#[N+]C([N+]#[C-])c1nc(-c2c(F)c(F)nc(F)c2F)c(-c2oc(C(C#N)C#N)nc2-c2c(F)c(F)nc(F)c2F)o1. The van der Waals surface area contributed by atoms with E-state index >= 15 is 0 Å². The van der Waals surface area contributed by atoms with Crippen LogP contribution in [0.2, 0.25) is 0 Å². The molecule has 0 aromatic carbocycles. The minimum atomic E-state index is -2.21. The van der Waals surface area contributed by atoms with Crippen LogP contribution in [0.4, 0.5) is 35.1 Å². The number of halogens is 8. The first-order valence-corrected chi connectivity index (χ1v) is 9.93. The summed E-state index contributed by atoms with van der Waals surface area (Å²) >= 11 is 0. The van der Waals surface area contributed by atoms with Gasteiger partial charge in [0, 0.05) is 0 Å². The molecular formula is C22H2F8N8O2. The number of rotatable bonds is 5. The second-order valence-corrected chi connectivity index (χ2v) is 7.18. The van der Waals surface area contributed by atoms with Crippen molar-refractivity contribution in [3.8, 4) is 46.2 Å². The van der Waals surface area contributed by atoms with Crippen LogP contribution in [0.25, 0.3) is 43.7 Å². The first-order chi connectivity index (χ1) is 19.0. The maximum Gasteiger partial charge on any atom is 0.553 e. The first-order valence-electron chi connectivity index (χ1n) is 9.93. The van der Waals surface area contributed by atoms with Gasteiger partial charge in [-0.2, -0.15) is 43.0 Å². The van der Waals surface area contributed by atoms with Crippen LogP contribution in [-0.4, -0.2) is 19.9 Å². The van der Waals surface area contributed by atoms with Crippen LogP contribution in [0.3, 0.4) is 0 Å². The van der Waals surface area contributed by atoms with Crippen molar-refractivity contribution in [2.75, 3.05) is 0 Å². The molecule has 0 radical (unpaired) electrons. The van der Waals surface area contributed by atoms with Crippen LogP contribution in [0.5, 0.6) is 0 Å². The maximum atomic E-state index is 14.7. The van der Waals surface area contributed by atoms with Gasteiger partial charge < -0.3 is 8.83 Å². The summed E-state index contributed by atoms with van der Waals surface area (Å²) in [7, 11) is 0. The van der Waals surface area contributed by atoms with Gasteiger partial charge >= 0.3 is 12.1 Å². The van der Waals surface area contributed by atoms with Crippen molar-refractivity contribution in [2.45, 2.75) is 12.1 Å². The molecule has 0 aliphatic heterocycles. The van der Waals surface area contributed by atoms with Crippen LogP contribution in [0, 0.1) is 82.9 Å². The van der Waals surface area contributed by atoms with Gasteiger partial charge in [-0.25, -0.2) is 45.4 Å². The molecule has 0 atom stereocenters. The molecule has 0 aliphatic carbocycles. The van der Waals surface area contributed by atoms with Gasteiger partial charge in [-0.05, 0) is 0 Å². The molecule has 0 saturated carbocycles. The van der Waals surface area contributed by atoms with Crippen LogP contribution in [-0.2, 0) is 0 Å². The Morgan fingerprint density at radius 1 is 0.600 bits per heavy atom. The van der Waals surface area contributed by atoms with E-state index in [0.717, 1.165) is 0 Å². The third kappa shape index (κ3) is 4.19. The van der Waals surface area contributed by atoms with Gasteiger partial charge in [0.25, 0.3) is 23.8 Å². The van der Waals surface area contributed by atoms with E-state index in [0.29, 0.717) is 0 Å². The summed E-state index contributed by atoms with van der Waals surface area (Å²) in [5, 5.41) is 18.4. The van der Waals surface area contributed by atoms with Gasteiger partial charge in [0.05, 0.1) is 23.3 Å². The van der Waals surface area contributed by atoms with E-state index in [4.69, 9.17) is 22.0 Å². The predicted molar refractivity (Wildman–Crippen MR) is 108 cm³/mol. The molecule has 0 amide bonds. The minimum Gasteiger partial charge on any atom is -0.434 e. The molecule has 0 saturated heterocycles. The molecule has 40 heavy (non-hydrogen) atoms. The topological polar surface area (TPSA) is 134 Å². The molecule has 0 fully saturated rings. The Balaban J connectivity index is 2.20. The summed E-state index contributed by atoms with van der Waals surface area (Å²) < 4.78 is 125. The summed E-state index contributed by atoms with van der Waals surface area (Å²) in [6, 6.07) is 2.73. The number of nitriles is 2. The normalized spacial score (nSPS) is 10.8. The number of hydrogen-bond donors (Lipinski definition) is 0. The zero-order valence-corrected chi connectivity index (χ0v) is 18.6. The molecule has 0 unspecified atom stereocenters.